The number of rotatable bonds is 7. The van der Waals surface area contributed by atoms with E-state index in [1.165, 1.54) is 0 Å². The number of aliphatic hydroxyl groups is 1. The molecule has 1 aromatic rings. The summed E-state index contributed by atoms with van der Waals surface area (Å²) in [5.74, 6) is 1.31. The molecular formula is C12H19NO4. The largest absolute Gasteiger partial charge is 0.493 e. The zero-order chi connectivity index (χ0) is 12.7. The second-order valence-electron chi connectivity index (χ2n) is 3.56. The molecule has 5 nitrogen and oxygen atoms in total. The summed E-state index contributed by atoms with van der Waals surface area (Å²) in [6.07, 6.45) is -0.633. The van der Waals surface area contributed by atoms with Crippen molar-refractivity contribution in [2.75, 3.05) is 27.4 Å². The molecule has 0 heterocycles. The summed E-state index contributed by atoms with van der Waals surface area (Å²) >= 11 is 0. The van der Waals surface area contributed by atoms with Crippen molar-refractivity contribution in [2.45, 2.75) is 12.7 Å². The number of hydrogen-bond acceptors (Lipinski definition) is 5. The van der Waals surface area contributed by atoms with Crippen molar-refractivity contribution in [3.8, 4) is 11.5 Å². The third-order valence-electron chi connectivity index (χ3n) is 2.32. The van der Waals surface area contributed by atoms with Crippen LogP contribution in [0.2, 0.25) is 0 Å². The van der Waals surface area contributed by atoms with Gasteiger partial charge >= 0.3 is 0 Å². The van der Waals surface area contributed by atoms with Crippen molar-refractivity contribution in [3.63, 3.8) is 0 Å². The first-order valence-corrected chi connectivity index (χ1v) is 5.38. The van der Waals surface area contributed by atoms with Crippen molar-refractivity contribution in [1.29, 1.82) is 0 Å². The average Bonchev–Trinajstić information content (AvgIpc) is 2.37. The molecule has 5 heteroatoms. The summed E-state index contributed by atoms with van der Waals surface area (Å²) < 4.78 is 15.8. The van der Waals surface area contributed by atoms with Gasteiger partial charge in [-0.2, -0.15) is 0 Å². The lowest BCUT2D eigenvalue weighted by Gasteiger charge is -2.13. The first-order chi connectivity index (χ1) is 8.22. The van der Waals surface area contributed by atoms with Crippen molar-refractivity contribution >= 4 is 0 Å². The zero-order valence-corrected chi connectivity index (χ0v) is 10.2. The zero-order valence-electron chi connectivity index (χ0n) is 10.2. The van der Waals surface area contributed by atoms with E-state index in [1.54, 1.807) is 14.2 Å². The molecule has 3 N–H and O–H groups in total. The number of aliphatic hydroxyl groups excluding tert-OH is 1. The highest BCUT2D eigenvalue weighted by atomic mass is 16.5. The Bertz CT molecular complexity index is 343. The average molecular weight is 241 g/mol. The van der Waals surface area contributed by atoms with Crippen LogP contribution in [0.3, 0.4) is 0 Å². The van der Waals surface area contributed by atoms with Gasteiger partial charge in [0.15, 0.2) is 11.5 Å². The Morgan fingerprint density at radius 2 is 2.06 bits per heavy atom. The minimum absolute atomic E-state index is 0.190. The van der Waals surface area contributed by atoms with E-state index in [0.717, 1.165) is 5.56 Å². The Hall–Kier alpha value is -1.30. The van der Waals surface area contributed by atoms with Crippen molar-refractivity contribution in [2.24, 2.45) is 5.73 Å². The number of benzene rings is 1. The quantitative estimate of drug-likeness (QED) is 0.729. The number of para-hydroxylation sites is 1. The third-order valence-corrected chi connectivity index (χ3v) is 2.32. The number of methoxy groups -OCH3 is 2. The van der Waals surface area contributed by atoms with Crippen molar-refractivity contribution in [1.82, 2.24) is 0 Å². The maximum atomic E-state index is 9.26. The van der Waals surface area contributed by atoms with Crippen molar-refractivity contribution < 1.29 is 19.3 Å². The molecule has 0 saturated heterocycles. The lowest BCUT2D eigenvalue weighted by molar-refractivity contribution is 0.0321. The van der Waals surface area contributed by atoms with Crippen LogP contribution in [0.5, 0.6) is 11.5 Å². The standard InChI is InChI=1S/C12H19NO4/c1-15-11-5-3-4-9(12(11)16-2)7-17-8-10(14)6-13/h3-5,10,14H,6-8,13H2,1-2H3/t10-/m0/s1. The predicted octanol–water partition coefficient (Wildman–Crippen LogP) is 0.540. The molecule has 17 heavy (non-hydrogen) atoms. The first-order valence-electron chi connectivity index (χ1n) is 5.38. The Morgan fingerprint density at radius 1 is 1.29 bits per heavy atom. The highest BCUT2D eigenvalue weighted by molar-refractivity contribution is 5.46. The SMILES string of the molecule is COc1cccc(COC[C@@H](O)CN)c1OC. The number of hydrogen-bond donors (Lipinski definition) is 2. The van der Waals surface area contributed by atoms with Gasteiger partial charge in [0.25, 0.3) is 0 Å². The molecule has 0 bridgehead atoms. The normalized spacial score (nSPS) is 12.2. The predicted molar refractivity (Wildman–Crippen MR) is 64.3 cm³/mol. The van der Waals surface area contributed by atoms with Gasteiger partial charge in [-0.3, -0.25) is 0 Å². The minimum atomic E-state index is -0.633. The first kappa shape index (κ1) is 13.8. The van der Waals surface area contributed by atoms with Gasteiger partial charge in [0, 0.05) is 12.1 Å². The van der Waals surface area contributed by atoms with E-state index in [9.17, 15) is 5.11 Å². The van der Waals surface area contributed by atoms with Crippen LogP contribution in [0.25, 0.3) is 0 Å². The maximum Gasteiger partial charge on any atom is 0.166 e. The van der Waals surface area contributed by atoms with Crippen LogP contribution in [0.15, 0.2) is 18.2 Å². The maximum absolute atomic E-state index is 9.26. The molecule has 0 unspecified atom stereocenters. The van der Waals surface area contributed by atoms with Gasteiger partial charge in [-0.1, -0.05) is 12.1 Å². The molecule has 0 aliphatic carbocycles. The fourth-order valence-corrected chi connectivity index (χ4v) is 1.44. The van der Waals surface area contributed by atoms with Gasteiger partial charge in [0.2, 0.25) is 0 Å². The molecule has 0 spiro atoms. The summed E-state index contributed by atoms with van der Waals surface area (Å²) in [4.78, 5) is 0. The van der Waals surface area contributed by atoms with Crippen LogP contribution in [0, 0.1) is 0 Å². The minimum Gasteiger partial charge on any atom is -0.493 e. The van der Waals surface area contributed by atoms with Gasteiger partial charge in [-0.05, 0) is 6.07 Å². The summed E-state index contributed by atoms with van der Waals surface area (Å²) in [5.41, 5.74) is 6.15. The number of ether oxygens (including phenoxy) is 3. The van der Waals surface area contributed by atoms with Gasteiger partial charge in [-0.25, -0.2) is 0 Å². The van der Waals surface area contributed by atoms with Crippen LogP contribution in [-0.4, -0.2) is 38.6 Å². The van der Waals surface area contributed by atoms with E-state index >= 15 is 0 Å². The Morgan fingerprint density at radius 3 is 2.65 bits per heavy atom. The highest BCUT2D eigenvalue weighted by Crippen LogP contribution is 2.30. The van der Waals surface area contributed by atoms with Crippen LogP contribution in [0.1, 0.15) is 5.56 Å². The van der Waals surface area contributed by atoms with E-state index in [4.69, 9.17) is 19.9 Å². The van der Waals surface area contributed by atoms with E-state index in [-0.39, 0.29) is 13.2 Å². The topological polar surface area (TPSA) is 73.9 Å². The monoisotopic (exact) mass is 241 g/mol. The molecule has 1 aromatic carbocycles. The van der Waals surface area contributed by atoms with Gasteiger partial charge < -0.3 is 25.1 Å². The molecule has 0 radical (unpaired) electrons. The smallest absolute Gasteiger partial charge is 0.166 e. The molecule has 0 aliphatic rings. The molecule has 1 atom stereocenters. The summed E-state index contributed by atoms with van der Waals surface area (Å²) in [6.45, 7) is 0.740. The van der Waals surface area contributed by atoms with Crippen LogP contribution in [0.4, 0.5) is 0 Å². The van der Waals surface area contributed by atoms with Crippen molar-refractivity contribution in [3.05, 3.63) is 23.8 Å². The van der Waals surface area contributed by atoms with Gasteiger partial charge in [-0.15, -0.1) is 0 Å². The lowest BCUT2D eigenvalue weighted by Crippen LogP contribution is -2.25. The third kappa shape index (κ3) is 3.89. The van der Waals surface area contributed by atoms with Crippen LogP contribution >= 0.6 is 0 Å². The van der Waals surface area contributed by atoms with E-state index in [0.29, 0.717) is 18.1 Å². The van der Waals surface area contributed by atoms with Gasteiger partial charge in [0.05, 0.1) is 33.5 Å². The van der Waals surface area contributed by atoms with Crippen LogP contribution < -0.4 is 15.2 Å². The van der Waals surface area contributed by atoms with Crippen LogP contribution in [-0.2, 0) is 11.3 Å². The summed E-state index contributed by atoms with van der Waals surface area (Å²) in [6, 6.07) is 5.56. The molecular weight excluding hydrogens is 222 g/mol. The molecule has 0 aromatic heterocycles. The molecule has 0 saturated carbocycles. The Labute approximate surface area is 101 Å². The summed E-state index contributed by atoms with van der Waals surface area (Å²) in [7, 11) is 3.16. The van der Waals surface area contributed by atoms with E-state index in [1.807, 2.05) is 18.2 Å². The molecule has 0 amide bonds. The second-order valence-corrected chi connectivity index (χ2v) is 3.56. The second kappa shape index (κ2) is 7.11. The Kier molecular flexibility index (Phi) is 5.76. The number of nitrogens with two attached hydrogens (primary N) is 1. The fourth-order valence-electron chi connectivity index (χ4n) is 1.44. The fraction of sp³-hybridized carbons (Fsp3) is 0.500. The molecule has 1 rings (SSSR count). The molecule has 96 valence electrons. The van der Waals surface area contributed by atoms with E-state index < -0.39 is 6.10 Å². The molecule has 0 aliphatic heterocycles. The van der Waals surface area contributed by atoms with Gasteiger partial charge in [0.1, 0.15) is 0 Å². The van der Waals surface area contributed by atoms with E-state index in [2.05, 4.69) is 0 Å². The summed E-state index contributed by atoms with van der Waals surface area (Å²) in [5, 5.41) is 9.26. The lowest BCUT2D eigenvalue weighted by atomic mass is 10.2. The Balaban J connectivity index is 2.64. The highest BCUT2D eigenvalue weighted by Gasteiger charge is 2.10. The molecule has 0 fully saturated rings.